The summed E-state index contributed by atoms with van der Waals surface area (Å²) in [5.74, 6) is 0. The molecular weight excluding hydrogens is 302 g/mol. The summed E-state index contributed by atoms with van der Waals surface area (Å²) in [5.41, 5.74) is 7.39. The van der Waals surface area contributed by atoms with Gasteiger partial charge in [0, 0.05) is 36.9 Å². The average Bonchev–Trinajstić information content (AvgIpc) is 2.97. The summed E-state index contributed by atoms with van der Waals surface area (Å²) >= 11 is 1.69. The van der Waals surface area contributed by atoms with Gasteiger partial charge in [-0.05, 0) is 43.5 Å². The van der Waals surface area contributed by atoms with Gasteiger partial charge in [-0.2, -0.15) is 0 Å². The molecule has 0 aliphatic rings. The maximum absolute atomic E-state index is 4.85. The van der Waals surface area contributed by atoms with Gasteiger partial charge in [-0.1, -0.05) is 23.8 Å². The second kappa shape index (κ2) is 6.50. The van der Waals surface area contributed by atoms with E-state index in [9.17, 15) is 0 Å². The summed E-state index contributed by atoms with van der Waals surface area (Å²) in [6, 6.07) is 8.50. The van der Waals surface area contributed by atoms with E-state index in [0.717, 1.165) is 17.4 Å². The molecule has 0 amide bonds. The molecule has 0 atom stereocenters. The zero-order chi connectivity index (χ0) is 16.4. The molecule has 3 nitrogen and oxygen atoms in total. The standard InChI is InChI=1S/C19H21N3S/c1-13-8-14(2)18(15(3)9-13)17-12-23-19(21-17)22(4)11-16-6-5-7-20-10-16/h5-10,12H,11H2,1-4H3. The molecule has 0 saturated heterocycles. The quantitative estimate of drug-likeness (QED) is 0.693. The molecule has 2 heterocycles. The lowest BCUT2D eigenvalue weighted by molar-refractivity contribution is 0.908. The van der Waals surface area contributed by atoms with Gasteiger partial charge in [0.15, 0.2) is 5.13 Å². The SMILES string of the molecule is Cc1cc(C)c(-c2csc(N(C)Cc3cccnc3)n2)c(C)c1. The lowest BCUT2D eigenvalue weighted by Gasteiger charge is -2.15. The number of hydrogen-bond acceptors (Lipinski definition) is 4. The fourth-order valence-electron chi connectivity index (χ4n) is 2.97. The topological polar surface area (TPSA) is 29.0 Å². The van der Waals surface area contributed by atoms with Crippen molar-refractivity contribution < 1.29 is 0 Å². The Labute approximate surface area is 141 Å². The molecule has 118 valence electrons. The molecule has 0 fully saturated rings. The monoisotopic (exact) mass is 323 g/mol. The predicted molar refractivity (Wildman–Crippen MR) is 98.1 cm³/mol. The Morgan fingerprint density at radius 1 is 1.13 bits per heavy atom. The van der Waals surface area contributed by atoms with Crippen LogP contribution >= 0.6 is 11.3 Å². The molecule has 0 bridgehead atoms. The largest absolute Gasteiger partial charge is 0.347 e. The van der Waals surface area contributed by atoms with Gasteiger partial charge in [-0.25, -0.2) is 4.98 Å². The molecule has 0 saturated carbocycles. The zero-order valence-corrected chi connectivity index (χ0v) is 14.8. The van der Waals surface area contributed by atoms with E-state index in [2.05, 4.69) is 61.3 Å². The average molecular weight is 323 g/mol. The van der Waals surface area contributed by atoms with Gasteiger partial charge in [0.2, 0.25) is 0 Å². The van der Waals surface area contributed by atoms with Gasteiger partial charge < -0.3 is 4.90 Å². The van der Waals surface area contributed by atoms with E-state index >= 15 is 0 Å². The van der Waals surface area contributed by atoms with Gasteiger partial charge in [0.25, 0.3) is 0 Å². The minimum absolute atomic E-state index is 0.812. The van der Waals surface area contributed by atoms with E-state index in [-0.39, 0.29) is 0 Å². The Hall–Kier alpha value is -2.20. The number of aromatic nitrogens is 2. The van der Waals surface area contributed by atoms with E-state index in [4.69, 9.17) is 4.98 Å². The van der Waals surface area contributed by atoms with Crippen molar-refractivity contribution in [3.05, 3.63) is 64.3 Å². The lowest BCUT2D eigenvalue weighted by Crippen LogP contribution is -2.16. The van der Waals surface area contributed by atoms with Crippen LogP contribution in [0.2, 0.25) is 0 Å². The number of rotatable bonds is 4. The Morgan fingerprint density at radius 3 is 2.52 bits per heavy atom. The minimum atomic E-state index is 0.812. The smallest absolute Gasteiger partial charge is 0.185 e. The fourth-order valence-corrected chi connectivity index (χ4v) is 3.75. The van der Waals surface area contributed by atoms with Gasteiger partial charge >= 0.3 is 0 Å². The molecule has 0 radical (unpaired) electrons. The molecule has 23 heavy (non-hydrogen) atoms. The van der Waals surface area contributed by atoms with E-state index in [1.165, 1.54) is 27.8 Å². The number of hydrogen-bond donors (Lipinski definition) is 0. The van der Waals surface area contributed by atoms with Gasteiger partial charge in [-0.15, -0.1) is 11.3 Å². The van der Waals surface area contributed by atoms with Crippen LogP contribution < -0.4 is 4.90 Å². The van der Waals surface area contributed by atoms with Crippen LogP contribution in [0, 0.1) is 20.8 Å². The molecule has 2 aromatic heterocycles. The molecule has 1 aromatic carbocycles. The predicted octanol–water partition coefficient (Wildman–Crippen LogP) is 4.77. The highest BCUT2D eigenvalue weighted by Crippen LogP contribution is 2.32. The fraction of sp³-hybridized carbons (Fsp3) is 0.263. The number of anilines is 1. The second-order valence-corrected chi connectivity index (χ2v) is 6.84. The van der Waals surface area contributed by atoms with Crippen molar-refractivity contribution >= 4 is 16.5 Å². The van der Waals surface area contributed by atoms with Crippen LogP contribution in [0.15, 0.2) is 42.0 Å². The Morgan fingerprint density at radius 2 is 1.87 bits per heavy atom. The Bertz CT molecular complexity index is 785. The molecular formula is C19H21N3S. The highest BCUT2D eigenvalue weighted by molar-refractivity contribution is 7.14. The highest BCUT2D eigenvalue weighted by atomic mass is 32.1. The van der Waals surface area contributed by atoms with Crippen molar-refractivity contribution in [2.75, 3.05) is 11.9 Å². The van der Waals surface area contributed by atoms with Crippen molar-refractivity contribution in [1.82, 2.24) is 9.97 Å². The number of benzene rings is 1. The number of thiazole rings is 1. The van der Waals surface area contributed by atoms with Crippen LogP contribution in [0.1, 0.15) is 22.3 Å². The first kappa shape index (κ1) is 15.7. The van der Waals surface area contributed by atoms with Crippen molar-refractivity contribution in [2.24, 2.45) is 0 Å². The van der Waals surface area contributed by atoms with Crippen molar-refractivity contribution in [2.45, 2.75) is 27.3 Å². The van der Waals surface area contributed by atoms with Crippen molar-refractivity contribution in [3.8, 4) is 11.3 Å². The van der Waals surface area contributed by atoms with E-state index in [1.54, 1.807) is 17.5 Å². The van der Waals surface area contributed by atoms with Crippen molar-refractivity contribution in [3.63, 3.8) is 0 Å². The highest BCUT2D eigenvalue weighted by Gasteiger charge is 2.13. The third-order valence-electron chi connectivity index (χ3n) is 3.89. The molecule has 0 N–H and O–H groups in total. The van der Waals surface area contributed by atoms with E-state index < -0.39 is 0 Å². The molecule has 4 heteroatoms. The molecule has 0 aliphatic carbocycles. The maximum Gasteiger partial charge on any atom is 0.185 e. The summed E-state index contributed by atoms with van der Waals surface area (Å²) in [5, 5.41) is 3.18. The van der Waals surface area contributed by atoms with Crippen LogP contribution in [0.3, 0.4) is 0 Å². The number of aryl methyl sites for hydroxylation is 3. The van der Waals surface area contributed by atoms with Gasteiger partial charge in [-0.3, -0.25) is 4.98 Å². The molecule has 3 rings (SSSR count). The first-order valence-electron chi connectivity index (χ1n) is 7.68. The molecule has 0 unspecified atom stereocenters. The van der Waals surface area contributed by atoms with Crippen LogP contribution in [0.4, 0.5) is 5.13 Å². The van der Waals surface area contributed by atoms with Crippen molar-refractivity contribution in [1.29, 1.82) is 0 Å². The third kappa shape index (κ3) is 3.42. The maximum atomic E-state index is 4.85. The first-order chi connectivity index (χ1) is 11.0. The van der Waals surface area contributed by atoms with Crippen LogP contribution in [0.25, 0.3) is 11.3 Å². The number of pyridine rings is 1. The lowest BCUT2D eigenvalue weighted by atomic mass is 9.98. The number of nitrogens with zero attached hydrogens (tertiary/aromatic N) is 3. The normalized spacial score (nSPS) is 10.8. The molecule has 0 aliphatic heterocycles. The van der Waals surface area contributed by atoms with Gasteiger partial charge in [0.1, 0.15) is 0 Å². The minimum Gasteiger partial charge on any atom is -0.347 e. The summed E-state index contributed by atoms with van der Waals surface area (Å²) in [6.45, 7) is 7.27. The van der Waals surface area contributed by atoms with Gasteiger partial charge in [0.05, 0.1) is 5.69 Å². The summed E-state index contributed by atoms with van der Waals surface area (Å²) in [4.78, 5) is 11.2. The molecule has 3 aromatic rings. The van der Waals surface area contributed by atoms with Crippen LogP contribution in [0.5, 0.6) is 0 Å². The van der Waals surface area contributed by atoms with Crippen LogP contribution in [-0.4, -0.2) is 17.0 Å². The van der Waals surface area contributed by atoms with Crippen LogP contribution in [-0.2, 0) is 6.54 Å². The second-order valence-electron chi connectivity index (χ2n) is 6.01. The third-order valence-corrected chi connectivity index (χ3v) is 4.85. The summed E-state index contributed by atoms with van der Waals surface area (Å²) < 4.78 is 0. The zero-order valence-electron chi connectivity index (χ0n) is 14.0. The first-order valence-corrected chi connectivity index (χ1v) is 8.56. The Kier molecular flexibility index (Phi) is 4.44. The van der Waals surface area contributed by atoms with E-state index in [1.807, 2.05) is 12.3 Å². The Balaban J connectivity index is 1.86. The van der Waals surface area contributed by atoms with E-state index in [0.29, 0.717) is 0 Å². The molecule has 0 spiro atoms. The summed E-state index contributed by atoms with van der Waals surface area (Å²) in [7, 11) is 2.07. The summed E-state index contributed by atoms with van der Waals surface area (Å²) in [6.07, 6.45) is 3.70.